The van der Waals surface area contributed by atoms with Crippen LogP contribution in [0.2, 0.25) is 0 Å². The van der Waals surface area contributed by atoms with Crippen molar-refractivity contribution in [1.82, 2.24) is 10.2 Å². The van der Waals surface area contributed by atoms with Crippen molar-refractivity contribution in [3.8, 4) is 0 Å². The Kier molecular flexibility index (Phi) is 4.87. The molecule has 2 atom stereocenters. The molecule has 0 aromatic heterocycles. The molecule has 2 unspecified atom stereocenters. The molecule has 2 aliphatic rings. The first-order valence-electron chi connectivity index (χ1n) is 7.69. The molecule has 0 bridgehead atoms. The van der Waals surface area contributed by atoms with Crippen molar-refractivity contribution < 1.29 is 0 Å². The van der Waals surface area contributed by atoms with Gasteiger partial charge in [-0.05, 0) is 71.0 Å². The molecule has 2 fully saturated rings. The van der Waals surface area contributed by atoms with Crippen molar-refractivity contribution in [3.63, 3.8) is 0 Å². The van der Waals surface area contributed by atoms with Crippen molar-refractivity contribution >= 4 is 0 Å². The Labute approximate surface area is 107 Å². The fraction of sp³-hybridized carbons (Fsp3) is 1.00. The van der Waals surface area contributed by atoms with E-state index in [0.717, 1.165) is 17.9 Å². The lowest BCUT2D eigenvalue weighted by molar-refractivity contribution is 0.150. The van der Waals surface area contributed by atoms with Crippen LogP contribution >= 0.6 is 0 Å². The molecule has 1 saturated carbocycles. The Morgan fingerprint density at radius 3 is 1.94 bits per heavy atom. The quantitative estimate of drug-likeness (QED) is 0.792. The highest BCUT2D eigenvalue weighted by molar-refractivity contribution is 4.85. The van der Waals surface area contributed by atoms with E-state index in [1.807, 2.05) is 0 Å². The van der Waals surface area contributed by atoms with Crippen molar-refractivity contribution in [2.75, 3.05) is 19.6 Å². The molecule has 0 amide bonds. The number of likely N-dealkylation sites (tertiary alicyclic amines) is 1. The lowest BCUT2D eigenvalue weighted by Crippen LogP contribution is -2.47. The van der Waals surface area contributed by atoms with Gasteiger partial charge in [-0.15, -0.1) is 0 Å². The number of hydrogen-bond acceptors (Lipinski definition) is 2. The van der Waals surface area contributed by atoms with Gasteiger partial charge in [0.2, 0.25) is 0 Å². The van der Waals surface area contributed by atoms with Crippen LogP contribution in [0.1, 0.15) is 52.9 Å². The Bertz CT molecular complexity index is 217. The van der Waals surface area contributed by atoms with Crippen LogP contribution in [-0.4, -0.2) is 36.6 Å². The molecule has 2 rings (SSSR count). The highest BCUT2D eigenvalue weighted by Crippen LogP contribution is 2.30. The van der Waals surface area contributed by atoms with Gasteiger partial charge >= 0.3 is 0 Å². The topological polar surface area (TPSA) is 15.3 Å². The molecule has 1 aliphatic heterocycles. The van der Waals surface area contributed by atoms with Crippen molar-refractivity contribution in [3.05, 3.63) is 0 Å². The van der Waals surface area contributed by atoms with E-state index in [-0.39, 0.29) is 0 Å². The Morgan fingerprint density at radius 1 is 1.00 bits per heavy atom. The van der Waals surface area contributed by atoms with Gasteiger partial charge in [0.05, 0.1) is 0 Å². The summed E-state index contributed by atoms with van der Waals surface area (Å²) in [6, 6.07) is 1.45. The summed E-state index contributed by atoms with van der Waals surface area (Å²) in [6.07, 6.45) is 7.14. The molecule has 2 heteroatoms. The van der Waals surface area contributed by atoms with Gasteiger partial charge in [-0.25, -0.2) is 0 Å². The van der Waals surface area contributed by atoms with E-state index in [9.17, 15) is 0 Å². The van der Waals surface area contributed by atoms with Crippen LogP contribution in [-0.2, 0) is 0 Å². The van der Waals surface area contributed by atoms with E-state index >= 15 is 0 Å². The molecule has 2 nitrogen and oxygen atoms in total. The maximum atomic E-state index is 3.87. The van der Waals surface area contributed by atoms with Crippen LogP contribution in [0.4, 0.5) is 0 Å². The van der Waals surface area contributed by atoms with E-state index in [4.69, 9.17) is 0 Å². The van der Waals surface area contributed by atoms with Gasteiger partial charge < -0.3 is 10.2 Å². The molecule has 0 radical (unpaired) electrons. The van der Waals surface area contributed by atoms with Gasteiger partial charge in [0.1, 0.15) is 0 Å². The lowest BCUT2D eigenvalue weighted by Gasteiger charge is -2.39. The highest BCUT2D eigenvalue weighted by Gasteiger charge is 2.28. The first-order valence-corrected chi connectivity index (χ1v) is 7.69. The summed E-state index contributed by atoms with van der Waals surface area (Å²) in [5.41, 5.74) is 0. The van der Waals surface area contributed by atoms with E-state index < -0.39 is 0 Å². The van der Waals surface area contributed by atoms with Crippen LogP contribution in [0, 0.1) is 11.8 Å². The van der Waals surface area contributed by atoms with E-state index in [0.29, 0.717) is 6.04 Å². The van der Waals surface area contributed by atoms with Gasteiger partial charge in [0.15, 0.2) is 0 Å². The van der Waals surface area contributed by atoms with Crippen LogP contribution in [0.3, 0.4) is 0 Å². The summed E-state index contributed by atoms with van der Waals surface area (Å²) in [7, 11) is 0. The largest absolute Gasteiger partial charge is 0.311 e. The third-order valence-electron chi connectivity index (χ3n) is 5.17. The zero-order valence-electron chi connectivity index (χ0n) is 11.9. The second kappa shape index (κ2) is 6.19. The maximum Gasteiger partial charge on any atom is 0.00705 e. The number of nitrogens with zero attached hydrogens (tertiary/aromatic N) is 1. The molecule has 1 aliphatic carbocycles. The Hall–Kier alpha value is -0.0800. The second-order valence-electron chi connectivity index (χ2n) is 6.21. The van der Waals surface area contributed by atoms with E-state index in [1.54, 1.807) is 0 Å². The number of rotatable bonds is 5. The molecule has 1 heterocycles. The minimum absolute atomic E-state index is 0.713. The average molecular weight is 238 g/mol. The number of hydrogen-bond donors (Lipinski definition) is 1. The minimum Gasteiger partial charge on any atom is -0.311 e. The third-order valence-corrected chi connectivity index (χ3v) is 5.17. The summed E-state index contributed by atoms with van der Waals surface area (Å²) >= 11 is 0. The third kappa shape index (κ3) is 3.45. The molecule has 0 aromatic carbocycles. The van der Waals surface area contributed by atoms with E-state index in [1.165, 1.54) is 51.7 Å². The first kappa shape index (κ1) is 13.4. The lowest BCUT2D eigenvalue weighted by atomic mass is 9.79. The molecule has 100 valence electrons. The monoisotopic (exact) mass is 238 g/mol. The predicted molar refractivity (Wildman–Crippen MR) is 74.2 cm³/mol. The van der Waals surface area contributed by atoms with Gasteiger partial charge in [-0.1, -0.05) is 13.3 Å². The van der Waals surface area contributed by atoms with E-state index in [2.05, 4.69) is 31.0 Å². The molecule has 1 saturated heterocycles. The maximum absolute atomic E-state index is 3.87. The smallest absolute Gasteiger partial charge is 0.00705 e. The average Bonchev–Trinajstić information content (AvgIpc) is 2.26. The molecule has 0 aromatic rings. The second-order valence-corrected chi connectivity index (χ2v) is 6.21. The minimum atomic E-state index is 0.713. The predicted octanol–water partition coefficient (Wildman–Crippen LogP) is 2.89. The molecular weight excluding hydrogens is 208 g/mol. The van der Waals surface area contributed by atoms with Gasteiger partial charge in [-0.2, -0.15) is 0 Å². The zero-order chi connectivity index (χ0) is 12.3. The normalized spacial score (nSPS) is 27.7. The fourth-order valence-corrected chi connectivity index (χ4v) is 3.40. The summed E-state index contributed by atoms with van der Waals surface area (Å²) < 4.78 is 0. The summed E-state index contributed by atoms with van der Waals surface area (Å²) in [6.45, 7) is 10.9. The molecule has 0 spiro atoms. The fourth-order valence-electron chi connectivity index (χ4n) is 3.40. The molecular formula is C15H30N2. The van der Waals surface area contributed by atoms with Crippen LogP contribution in [0.25, 0.3) is 0 Å². The molecule has 17 heavy (non-hydrogen) atoms. The number of nitrogens with one attached hydrogen (secondary N) is 1. The standard InChI is InChI=1S/C15H30N2/c1-4-17-10-8-15(9-11-17)13(3)16-12(2)14-6-5-7-14/h12-16H,4-11H2,1-3H3. The summed E-state index contributed by atoms with van der Waals surface area (Å²) in [5.74, 6) is 1.87. The highest BCUT2D eigenvalue weighted by atomic mass is 15.1. The van der Waals surface area contributed by atoms with Gasteiger partial charge in [0, 0.05) is 12.1 Å². The van der Waals surface area contributed by atoms with Gasteiger partial charge in [0.25, 0.3) is 0 Å². The van der Waals surface area contributed by atoms with Crippen molar-refractivity contribution in [1.29, 1.82) is 0 Å². The summed E-state index contributed by atoms with van der Waals surface area (Å²) in [4.78, 5) is 2.58. The summed E-state index contributed by atoms with van der Waals surface area (Å²) in [5, 5.41) is 3.87. The zero-order valence-corrected chi connectivity index (χ0v) is 11.9. The Morgan fingerprint density at radius 2 is 1.53 bits per heavy atom. The van der Waals surface area contributed by atoms with Crippen LogP contribution < -0.4 is 5.32 Å². The van der Waals surface area contributed by atoms with Gasteiger partial charge in [-0.3, -0.25) is 0 Å². The Balaban J connectivity index is 1.70. The van der Waals surface area contributed by atoms with Crippen molar-refractivity contribution in [2.24, 2.45) is 11.8 Å². The van der Waals surface area contributed by atoms with Crippen LogP contribution in [0.5, 0.6) is 0 Å². The SMILES string of the molecule is CCN1CCC(C(C)NC(C)C2CCC2)CC1. The first-order chi connectivity index (χ1) is 8.20. The molecule has 1 N–H and O–H groups in total. The van der Waals surface area contributed by atoms with Crippen LogP contribution in [0.15, 0.2) is 0 Å². The van der Waals surface area contributed by atoms with Crippen molar-refractivity contribution in [2.45, 2.75) is 65.0 Å². The number of piperidine rings is 1.